The summed E-state index contributed by atoms with van der Waals surface area (Å²) >= 11 is 0. The number of aliphatic carboxylic acids is 4. The van der Waals surface area contributed by atoms with Gasteiger partial charge in [-0.1, -0.05) is 0 Å². The van der Waals surface area contributed by atoms with Crippen LogP contribution in [0.5, 0.6) is 0 Å². The molecule has 0 aliphatic heterocycles. The molecule has 0 aliphatic carbocycles. The summed E-state index contributed by atoms with van der Waals surface area (Å²) in [7, 11) is -18.7. The Kier molecular flexibility index (Phi) is 67.4. The van der Waals surface area contributed by atoms with Gasteiger partial charge in [0.25, 0.3) is 0 Å². The number of rotatable bonds is 13. The fourth-order valence-electron chi connectivity index (χ4n) is 2.14. The molecular formula is C16H38Mg2Mn2N2Na2O32S4. The zero-order valence-electron chi connectivity index (χ0n) is 26.9. The third-order valence-corrected chi connectivity index (χ3v) is 3.45. The van der Waals surface area contributed by atoms with E-state index in [1.165, 1.54) is 0 Å². The topological polar surface area (TPSA) is 634 Å². The molecule has 19 N–H and O–H groups in total. The summed E-state index contributed by atoms with van der Waals surface area (Å²) < 4.78 is 139. The number of hydrogen-bond acceptors (Lipinski definition) is 22. The number of carboxylic acids is 4. The number of esters is 4. The second-order valence-corrected chi connectivity index (χ2v) is 11.6. The van der Waals surface area contributed by atoms with Gasteiger partial charge in [-0.2, -0.15) is 33.7 Å². The minimum atomic E-state index is -4.67. The quantitative estimate of drug-likeness (QED) is 0.0268. The van der Waals surface area contributed by atoms with E-state index in [4.69, 9.17) is 85.4 Å². The third kappa shape index (κ3) is 89.0. The SMILES string of the molecule is CC(=O)OC(=O)COC(=O)CC(CC(=O)O)(OC(=O)CC(O)(CC(=O)O)C(=O)O)C(=O)O.N.N.O=S(=O)(O)O.O=S(=O)(O)O.O=S(=O)(O)O.O=S(=O)(O)O.[MgH2].[MgH2].[Mn].[Mn].[NaH].[NaH]. The zero-order valence-corrected chi connectivity index (χ0v) is 32.5. The third-order valence-electron chi connectivity index (χ3n) is 3.45. The number of hydrogen-bond donors (Lipinski definition) is 15. The Balaban J connectivity index is -0.0000000597. The van der Waals surface area contributed by atoms with Crippen molar-refractivity contribution in [2.45, 2.75) is 43.8 Å². The van der Waals surface area contributed by atoms with E-state index in [2.05, 4.69) is 14.2 Å². The van der Waals surface area contributed by atoms with Crippen LogP contribution >= 0.6 is 0 Å². The van der Waals surface area contributed by atoms with Gasteiger partial charge in [-0.3, -0.25) is 60.4 Å². The standard InChI is InChI=1S/C16H18O16.2Mg.2Mn.2H3N.2Na.4H2O4S.6H/c1-7(17)31-12(24)6-30-10(22)5-16(14(27)28,3-9(20)21)32-11(23)4-15(29,13(25)26)2-8(18)19;;;;;;;;;4*1-5(2,3)4;;;;;;/h29H,2-6H2,1H3,(H,18,19)(H,20,21)(H,25,26)(H,27,28);;;;;2*1H3;;;4*(H2,1,2,3,4);;;;;;. The molecule has 348 valence electrons. The molecule has 60 heavy (non-hydrogen) atoms. The molecule has 0 saturated carbocycles. The second kappa shape index (κ2) is 42.8. The van der Waals surface area contributed by atoms with E-state index in [1.807, 2.05) is 0 Å². The van der Waals surface area contributed by atoms with Crippen LogP contribution < -0.4 is 12.3 Å². The average molecular weight is 1100 g/mol. The molecule has 0 aromatic heterocycles. The maximum atomic E-state index is 12.1. The van der Waals surface area contributed by atoms with Crippen LogP contribution in [0.4, 0.5) is 0 Å². The average Bonchev–Trinajstić information content (AvgIpc) is 2.76. The molecule has 34 nitrogen and oxygen atoms in total. The van der Waals surface area contributed by atoms with Crippen LogP contribution in [-0.4, -0.2) is 266 Å². The summed E-state index contributed by atoms with van der Waals surface area (Å²) in [6.07, 6.45) is -6.18. The molecule has 2 radical (unpaired) electrons. The first-order chi connectivity index (χ1) is 22.5. The normalized spacial score (nSPS) is 11.4. The molecule has 0 saturated heterocycles. The molecule has 0 fully saturated rings. The summed E-state index contributed by atoms with van der Waals surface area (Å²) in [5.74, 6) is -14.0. The first-order valence-electron chi connectivity index (χ1n) is 11.0. The van der Waals surface area contributed by atoms with Crippen molar-refractivity contribution in [3.8, 4) is 0 Å². The van der Waals surface area contributed by atoms with Crippen LogP contribution in [0.3, 0.4) is 0 Å². The number of ether oxygens (including phenoxy) is 3. The van der Waals surface area contributed by atoms with E-state index in [0.29, 0.717) is 0 Å². The summed E-state index contributed by atoms with van der Waals surface area (Å²) in [5, 5.41) is 45.7. The van der Waals surface area contributed by atoms with E-state index in [-0.39, 0.29) is 152 Å². The molecule has 44 heteroatoms. The Labute approximate surface area is 434 Å². The second-order valence-electron chi connectivity index (χ2n) is 8.02. The van der Waals surface area contributed by atoms with E-state index in [9.17, 15) is 48.6 Å². The molecule has 0 rings (SSSR count). The predicted molar refractivity (Wildman–Crippen MR) is 189 cm³/mol. The Morgan fingerprint density at radius 1 is 0.500 bits per heavy atom. The Bertz CT molecular complexity index is 1620. The number of carbonyl (C=O) groups is 8. The van der Waals surface area contributed by atoms with Gasteiger partial charge in [0.05, 0.1) is 25.7 Å². The van der Waals surface area contributed by atoms with Gasteiger partial charge in [0.15, 0.2) is 12.2 Å². The maximum absolute atomic E-state index is 12.1. The summed E-state index contributed by atoms with van der Waals surface area (Å²) in [4.78, 5) is 90.2. The Hall–Kier alpha value is -0.109. The molecule has 0 aromatic rings. The molecular weight excluding hydrogens is 1060 g/mol. The molecule has 2 unspecified atom stereocenters. The van der Waals surface area contributed by atoms with Crippen LogP contribution in [0.15, 0.2) is 0 Å². The Morgan fingerprint density at radius 3 is 1.00 bits per heavy atom. The first-order valence-corrected chi connectivity index (χ1v) is 16.6. The first kappa shape index (κ1) is 94.5. The molecule has 2 atom stereocenters. The molecule has 0 spiro atoms. The summed E-state index contributed by atoms with van der Waals surface area (Å²) in [6.45, 7) is -0.337. The fourth-order valence-corrected chi connectivity index (χ4v) is 2.14. The van der Waals surface area contributed by atoms with E-state index in [0.717, 1.165) is 6.92 Å². The summed E-state index contributed by atoms with van der Waals surface area (Å²) in [6, 6.07) is 0. The van der Waals surface area contributed by atoms with Crippen molar-refractivity contribution < 1.29 is 182 Å². The minimum absolute atomic E-state index is 0. The van der Waals surface area contributed by atoms with Gasteiger partial charge in [0, 0.05) is 41.1 Å². The Morgan fingerprint density at radius 2 is 0.783 bits per heavy atom. The van der Waals surface area contributed by atoms with Crippen LogP contribution in [0.2, 0.25) is 0 Å². The van der Waals surface area contributed by atoms with Crippen molar-refractivity contribution in [2.75, 3.05) is 6.61 Å². The van der Waals surface area contributed by atoms with E-state index >= 15 is 0 Å². The van der Waals surface area contributed by atoms with E-state index < -0.39 is 133 Å². The molecule has 0 bridgehead atoms. The van der Waals surface area contributed by atoms with Gasteiger partial charge in [-0.05, 0) is 0 Å². The predicted octanol–water partition coefficient (Wildman–Crippen LogP) is -7.89. The molecule has 0 aromatic carbocycles. The number of aliphatic hydroxyl groups is 1. The molecule has 0 aliphatic rings. The van der Waals surface area contributed by atoms with Gasteiger partial charge in [0.2, 0.25) is 5.60 Å². The van der Waals surface area contributed by atoms with Gasteiger partial charge in [-0.15, -0.1) is 0 Å². The molecule has 0 heterocycles. The van der Waals surface area contributed by atoms with Gasteiger partial charge in [-0.25, -0.2) is 14.4 Å². The van der Waals surface area contributed by atoms with Crippen molar-refractivity contribution in [1.29, 1.82) is 0 Å². The van der Waals surface area contributed by atoms with E-state index in [1.54, 1.807) is 0 Å². The monoisotopic (exact) mass is 1100 g/mol. The van der Waals surface area contributed by atoms with Crippen LogP contribution in [-0.2, 0) is 128 Å². The number of carbonyl (C=O) groups excluding carboxylic acids is 4. The molecule has 0 amide bonds. The van der Waals surface area contributed by atoms with Crippen LogP contribution in [0.25, 0.3) is 0 Å². The van der Waals surface area contributed by atoms with Gasteiger partial charge < -0.3 is 52.0 Å². The number of carboxylic acid groups (broad SMARTS) is 4. The fraction of sp³-hybridized carbons (Fsp3) is 0.500. The summed E-state index contributed by atoms with van der Waals surface area (Å²) in [5.41, 5.74) is -6.43. The van der Waals surface area contributed by atoms with Crippen molar-refractivity contribution in [2.24, 2.45) is 0 Å². The van der Waals surface area contributed by atoms with Crippen molar-refractivity contribution >= 4 is 195 Å². The van der Waals surface area contributed by atoms with Gasteiger partial charge >= 0.3 is 195 Å². The van der Waals surface area contributed by atoms with Crippen molar-refractivity contribution in [1.82, 2.24) is 12.3 Å². The van der Waals surface area contributed by atoms with Crippen LogP contribution in [0, 0.1) is 0 Å². The van der Waals surface area contributed by atoms with Crippen LogP contribution in [0.1, 0.15) is 32.6 Å². The zero-order chi connectivity index (χ0) is 43.3. The van der Waals surface area contributed by atoms with Crippen molar-refractivity contribution in [3.05, 3.63) is 0 Å². The van der Waals surface area contributed by atoms with Gasteiger partial charge in [0.1, 0.15) is 0 Å². The van der Waals surface area contributed by atoms with Crippen molar-refractivity contribution in [3.63, 3.8) is 0 Å².